The van der Waals surface area contributed by atoms with E-state index in [4.69, 9.17) is 0 Å². The fourth-order valence-corrected chi connectivity index (χ4v) is 7.23. The largest absolute Gasteiger partial charge is 0.393 e. The van der Waals surface area contributed by atoms with Gasteiger partial charge in [0.25, 0.3) is 0 Å². The Morgan fingerprint density at radius 1 is 1.21 bits per heavy atom. The SMILES string of the molecule is C[C@H]1CC2=CC(=O)CC[C@]2(C)[C@@H]2[C@@H]1[C@@H]1CC[C@@](C)(O)[C@@]1(C)C[C@@H]2O. The molecule has 2 N–H and O–H groups in total. The van der Waals surface area contributed by atoms with E-state index in [1.807, 2.05) is 13.0 Å². The standard InChI is InChI=1S/C21H32O3/c1-12-9-13-10-14(22)5-7-19(13,2)18-16(23)11-20(3)15(17(12)18)6-8-21(20,4)24/h10,12,15-18,23-24H,5-9,11H2,1-4H3/t12-,15-,16-,17-,18-,19-,20-,21+/m0/s1. The molecule has 0 heterocycles. The molecule has 3 heteroatoms. The Morgan fingerprint density at radius 2 is 1.92 bits per heavy atom. The third-order valence-corrected chi connectivity index (χ3v) is 8.81. The van der Waals surface area contributed by atoms with E-state index in [-0.39, 0.29) is 28.6 Å². The smallest absolute Gasteiger partial charge is 0.155 e. The van der Waals surface area contributed by atoms with Crippen LogP contribution in [0.2, 0.25) is 0 Å². The van der Waals surface area contributed by atoms with Gasteiger partial charge in [0.05, 0.1) is 11.7 Å². The second-order valence-electron chi connectivity index (χ2n) is 9.95. The number of carbonyl (C=O) groups is 1. The van der Waals surface area contributed by atoms with Crippen LogP contribution in [0.5, 0.6) is 0 Å². The van der Waals surface area contributed by atoms with E-state index < -0.39 is 5.60 Å². The lowest BCUT2D eigenvalue weighted by molar-refractivity contribution is -0.176. The molecule has 0 aromatic rings. The highest BCUT2D eigenvalue weighted by Crippen LogP contribution is 2.68. The molecule has 0 aliphatic heterocycles. The number of ketones is 1. The molecule has 4 rings (SSSR count). The Hall–Kier alpha value is -0.670. The lowest BCUT2D eigenvalue weighted by Gasteiger charge is -2.62. The fourth-order valence-electron chi connectivity index (χ4n) is 7.23. The number of hydrogen-bond donors (Lipinski definition) is 2. The second-order valence-corrected chi connectivity index (χ2v) is 9.95. The van der Waals surface area contributed by atoms with Gasteiger partial charge in [0.2, 0.25) is 0 Å². The van der Waals surface area contributed by atoms with E-state index in [0.29, 0.717) is 30.6 Å². The number of hydrogen-bond acceptors (Lipinski definition) is 3. The summed E-state index contributed by atoms with van der Waals surface area (Å²) in [5, 5.41) is 22.2. The quantitative estimate of drug-likeness (QED) is 0.714. The Kier molecular flexibility index (Phi) is 3.46. The van der Waals surface area contributed by atoms with Crippen LogP contribution in [0.25, 0.3) is 0 Å². The van der Waals surface area contributed by atoms with Gasteiger partial charge in [-0.25, -0.2) is 0 Å². The molecule has 24 heavy (non-hydrogen) atoms. The van der Waals surface area contributed by atoms with Crippen molar-refractivity contribution in [2.24, 2.45) is 34.5 Å². The summed E-state index contributed by atoms with van der Waals surface area (Å²) in [4.78, 5) is 12.0. The van der Waals surface area contributed by atoms with E-state index in [0.717, 1.165) is 25.7 Å². The van der Waals surface area contributed by atoms with Crippen molar-refractivity contribution in [3.63, 3.8) is 0 Å². The first-order valence-electron chi connectivity index (χ1n) is 9.74. The minimum Gasteiger partial charge on any atom is -0.393 e. The molecule has 0 unspecified atom stereocenters. The summed E-state index contributed by atoms with van der Waals surface area (Å²) in [5.74, 6) is 1.88. The lowest BCUT2D eigenvalue weighted by Crippen LogP contribution is -2.61. The van der Waals surface area contributed by atoms with Gasteiger partial charge < -0.3 is 10.2 Å². The minimum atomic E-state index is -0.678. The van der Waals surface area contributed by atoms with Gasteiger partial charge in [-0.3, -0.25) is 4.79 Å². The normalized spacial score (nSPS) is 57.0. The van der Waals surface area contributed by atoms with Gasteiger partial charge in [-0.2, -0.15) is 0 Å². The Bertz CT molecular complexity index is 606. The number of carbonyl (C=O) groups excluding carboxylic acids is 1. The molecular formula is C21H32O3. The average Bonchev–Trinajstić information content (AvgIpc) is 2.71. The van der Waals surface area contributed by atoms with Crippen molar-refractivity contribution in [1.82, 2.24) is 0 Å². The van der Waals surface area contributed by atoms with Crippen LogP contribution in [-0.2, 0) is 4.79 Å². The van der Waals surface area contributed by atoms with Gasteiger partial charge in [0.15, 0.2) is 5.78 Å². The number of aliphatic hydroxyl groups is 2. The molecule has 0 spiro atoms. The van der Waals surface area contributed by atoms with Crippen molar-refractivity contribution < 1.29 is 15.0 Å². The van der Waals surface area contributed by atoms with Crippen LogP contribution in [0.4, 0.5) is 0 Å². The molecule has 134 valence electrons. The van der Waals surface area contributed by atoms with Crippen molar-refractivity contribution in [1.29, 1.82) is 0 Å². The number of aliphatic hydroxyl groups excluding tert-OH is 1. The minimum absolute atomic E-state index is 0.0414. The molecule has 0 amide bonds. The Balaban J connectivity index is 1.80. The van der Waals surface area contributed by atoms with Crippen LogP contribution in [0.3, 0.4) is 0 Å². The average molecular weight is 332 g/mol. The van der Waals surface area contributed by atoms with E-state index >= 15 is 0 Å². The summed E-state index contributed by atoms with van der Waals surface area (Å²) < 4.78 is 0. The molecule has 0 saturated heterocycles. The zero-order chi connectivity index (χ0) is 17.5. The van der Waals surface area contributed by atoms with Gasteiger partial charge in [0, 0.05) is 11.8 Å². The molecule has 0 bridgehead atoms. The Morgan fingerprint density at radius 3 is 2.62 bits per heavy atom. The summed E-state index contributed by atoms with van der Waals surface area (Å²) in [6.45, 7) is 8.76. The van der Waals surface area contributed by atoms with Crippen molar-refractivity contribution >= 4 is 5.78 Å². The molecule has 3 fully saturated rings. The highest BCUT2D eigenvalue weighted by Gasteiger charge is 2.66. The van der Waals surface area contributed by atoms with Crippen LogP contribution < -0.4 is 0 Å². The zero-order valence-corrected chi connectivity index (χ0v) is 15.5. The summed E-state index contributed by atoms with van der Waals surface area (Å²) in [6, 6.07) is 0. The molecule has 0 aromatic carbocycles. The summed E-state index contributed by atoms with van der Waals surface area (Å²) in [7, 11) is 0. The number of rotatable bonds is 0. The van der Waals surface area contributed by atoms with Crippen molar-refractivity contribution in [3.8, 4) is 0 Å². The van der Waals surface area contributed by atoms with Gasteiger partial charge in [-0.1, -0.05) is 26.3 Å². The fraction of sp³-hybridized carbons (Fsp3) is 0.857. The highest BCUT2D eigenvalue weighted by molar-refractivity contribution is 5.91. The number of allylic oxidation sites excluding steroid dienone is 1. The first kappa shape index (κ1) is 16.8. The monoisotopic (exact) mass is 332 g/mol. The Labute approximate surface area is 145 Å². The van der Waals surface area contributed by atoms with Crippen LogP contribution in [0, 0.1) is 34.5 Å². The summed E-state index contributed by atoms with van der Waals surface area (Å²) in [5.41, 5.74) is 0.368. The molecule has 8 atom stereocenters. The predicted octanol–water partition coefficient (Wildman–Crippen LogP) is 3.49. The van der Waals surface area contributed by atoms with Crippen LogP contribution in [-0.4, -0.2) is 27.7 Å². The lowest BCUT2D eigenvalue weighted by atomic mass is 9.43. The summed E-state index contributed by atoms with van der Waals surface area (Å²) in [6.07, 6.45) is 6.57. The summed E-state index contributed by atoms with van der Waals surface area (Å²) >= 11 is 0. The van der Waals surface area contributed by atoms with E-state index in [1.54, 1.807) is 0 Å². The molecule has 3 saturated carbocycles. The first-order valence-corrected chi connectivity index (χ1v) is 9.74. The maximum atomic E-state index is 12.0. The first-order chi connectivity index (χ1) is 11.1. The van der Waals surface area contributed by atoms with E-state index in [9.17, 15) is 15.0 Å². The molecule has 3 nitrogen and oxygen atoms in total. The molecule has 4 aliphatic carbocycles. The molecule has 0 aromatic heterocycles. The molecular weight excluding hydrogens is 300 g/mol. The maximum Gasteiger partial charge on any atom is 0.155 e. The van der Waals surface area contributed by atoms with Gasteiger partial charge in [0.1, 0.15) is 0 Å². The van der Waals surface area contributed by atoms with E-state index in [2.05, 4.69) is 20.8 Å². The zero-order valence-electron chi connectivity index (χ0n) is 15.5. The predicted molar refractivity (Wildman–Crippen MR) is 93.3 cm³/mol. The third-order valence-electron chi connectivity index (χ3n) is 8.81. The van der Waals surface area contributed by atoms with Crippen LogP contribution in [0.15, 0.2) is 11.6 Å². The van der Waals surface area contributed by atoms with Crippen LogP contribution >= 0.6 is 0 Å². The third kappa shape index (κ3) is 1.94. The van der Waals surface area contributed by atoms with Crippen LogP contribution in [0.1, 0.15) is 66.2 Å². The molecule has 0 radical (unpaired) electrons. The van der Waals surface area contributed by atoms with Crippen molar-refractivity contribution in [3.05, 3.63) is 11.6 Å². The highest BCUT2D eigenvalue weighted by atomic mass is 16.3. The van der Waals surface area contributed by atoms with E-state index in [1.165, 1.54) is 5.57 Å². The van der Waals surface area contributed by atoms with Gasteiger partial charge >= 0.3 is 0 Å². The van der Waals surface area contributed by atoms with Gasteiger partial charge in [-0.05, 0) is 74.2 Å². The maximum absolute atomic E-state index is 12.0. The number of fused-ring (bicyclic) bond motifs is 5. The van der Waals surface area contributed by atoms with Crippen molar-refractivity contribution in [2.45, 2.75) is 77.9 Å². The van der Waals surface area contributed by atoms with Crippen molar-refractivity contribution in [2.75, 3.05) is 0 Å². The molecule has 4 aliphatic rings. The topological polar surface area (TPSA) is 57.5 Å². The van der Waals surface area contributed by atoms with Gasteiger partial charge in [-0.15, -0.1) is 0 Å². The second kappa shape index (κ2) is 4.94.